The molecule has 1 atom stereocenters. The van der Waals surface area contributed by atoms with Gasteiger partial charge in [-0.15, -0.1) is 0 Å². The van der Waals surface area contributed by atoms with Crippen molar-refractivity contribution in [2.24, 2.45) is 0 Å². The van der Waals surface area contributed by atoms with Gasteiger partial charge in [-0.25, -0.2) is 0 Å². The predicted octanol–water partition coefficient (Wildman–Crippen LogP) is -0.602. The van der Waals surface area contributed by atoms with E-state index in [2.05, 4.69) is 10.6 Å². The number of nitrogens with one attached hydrogen (secondary N) is 2. The smallest absolute Gasteiger partial charge is 0.309 e. The minimum absolute atomic E-state index is 0.0798. The lowest BCUT2D eigenvalue weighted by Crippen LogP contribution is -2.49. The van der Waals surface area contributed by atoms with Crippen LogP contribution in [0.5, 0.6) is 0 Å². The second-order valence-corrected chi connectivity index (χ2v) is 4.26. The maximum atomic E-state index is 11.2. The van der Waals surface area contributed by atoms with Crippen LogP contribution in [0.3, 0.4) is 0 Å². The fraction of sp³-hybridized carbons (Fsp3) is 0.778. The summed E-state index contributed by atoms with van der Waals surface area (Å²) in [6.07, 6.45) is -0.651. The second-order valence-electron chi connectivity index (χ2n) is 4.26. The molecule has 0 rings (SSSR count). The van der Waals surface area contributed by atoms with Gasteiger partial charge in [0.25, 0.3) is 0 Å². The monoisotopic (exact) mass is 202 g/mol. The number of amides is 2. The number of hydrogen-bond donors (Lipinski definition) is 3. The van der Waals surface area contributed by atoms with Crippen LogP contribution >= 0.6 is 0 Å². The maximum Gasteiger partial charge on any atom is 0.309 e. The summed E-state index contributed by atoms with van der Waals surface area (Å²) >= 11 is 0. The van der Waals surface area contributed by atoms with E-state index in [4.69, 9.17) is 5.11 Å². The van der Waals surface area contributed by atoms with Gasteiger partial charge >= 0.3 is 11.8 Å². The average molecular weight is 202 g/mol. The average Bonchev–Trinajstić information content (AvgIpc) is 1.96. The summed E-state index contributed by atoms with van der Waals surface area (Å²) in [5, 5.41) is 13.7. The van der Waals surface area contributed by atoms with E-state index in [1.807, 2.05) is 0 Å². The molecule has 0 aromatic carbocycles. The van der Waals surface area contributed by atoms with Crippen LogP contribution in [0.25, 0.3) is 0 Å². The molecule has 0 aliphatic heterocycles. The minimum atomic E-state index is -0.721. The third kappa shape index (κ3) is 6.42. The molecular weight excluding hydrogens is 184 g/mol. The number of carbonyl (C=O) groups is 2. The summed E-state index contributed by atoms with van der Waals surface area (Å²) < 4.78 is 0. The highest BCUT2D eigenvalue weighted by molar-refractivity contribution is 6.35. The largest absolute Gasteiger partial charge is 0.392 e. The first-order valence-corrected chi connectivity index (χ1v) is 4.51. The summed E-state index contributed by atoms with van der Waals surface area (Å²) in [6, 6.07) is 0. The fourth-order valence-electron chi connectivity index (χ4n) is 0.718. The van der Waals surface area contributed by atoms with Crippen molar-refractivity contribution in [1.82, 2.24) is 10.6 Å². The fourth-order valence-corrected chi connectivity index (χ4v) is 0.718. The Morgan fingerprint density at radius 2 is 1.79 bits per heavy atom. The number of aliphatic hydroxyl groups excluding tert-OH is 1. The Bertz CT molecular complexity index is 219. The van der Waals surface area contributed by atoms with Gasteiger partial charge in [-0.1, -0.05) is 0 Å². The number of rotatable bonds is 2. The molecule has 3 N–H and O–H groups in total. The Morgan fingerprint density at radius 3 is 2.14 bits per heavy atom. The molecule has 0 radical (unpaired) electrons. The predicted molar refractivity (Wildman–Crippen MR) is 52.6 cm³/mol. The first-order chi connectivity index (χ1) is 6.22. The highest BCUT2D eigenvalue weighted by atomic mass is 16.3. The van der Waals surface area contributed by atoms with Crippen LogP contribution in [-0.2, 0) is 9.59 Å². The number of aliphatic hydroxyl groups is 1. The van der Waals surface area contributed by atoms with Gasteiger partial charge in [0.2, 0.25) is 0 Å². The molecule has 0 aliphatic carbocycles. The first kappa shape index (κ1) is 12.9. The zero-order valence-electron chi connectivity index (χ0n) is 9.05. The van der Waals surface area contributed by atoms with Crippen LogP contribution < -0.4 is 10.6 Å². The zero-order chi connectivity index (χ0) is 11.4. The van der Waals surface area contributed by atoms with E-state index in [1.54, 1.807) is 20.8 Å². The van der Waals surface area contributed by atoms with Gasteiger partial charge in [-0.05, 0) is 27.7 Å². The topological polar surface area (TPSA) is 78.4 Å². The second kappa shape index (κ2) is 4.95. The molecule has 2 amide bonds. The third-order valence-corrected chi connectivity index (χ3v) is 1.25. The van der Waals surface area contributed by atoms with Crippen LogP contribution in [0.1, 0.15) is 27.7 Å². The van der Waals surface area contributed by atoms with Crippen molar-refractivity contribution < 1.29 is 14.7 Å². The van der Waals surface area contributed by atoms with Gasteiger partial charge in [-0.2, -0.15) is 0 Å². The molecule has 0 heterocycles. The summed E-state index contributed by atoms with van der Waals surface area (Å²) in [5.41, 5.74) is -0.431. The van der Waals surface area contributed by atoms with Crippen molar-refractivity contribution in [3.8, 4) is 0 Å². The SMILES string of the molecule is C[C@H](O)CNC(=O)C(=O)NC(C)(C)C. The lowest BCUT2D eigenvalue weighted by Gasteiger charge is -2.19. The third-order valence-electron chi connectivity index (χ3n) is 1.25. The Morgan fingerprint density at radius 1 is 1.29 bits per heavy atom. The van der Waals surface area contributed by atoms with E-state index in [0.717, 1.165) is 0 Å². The number of carbonyl (C=O) groups excluding carboxylic acids is 2. The molecular formula is C9H18N2O3. The molecule has 0 saturated heterocycles. The van der Waals surface area contributed by atoms with Crippen molar-refractivity contribution >= 4 is 11.8 Å². The molecule has 0 fully saturated rings. The van der Waals surface area contributed by atoms with Gasteiger partial charge in [0.1, 0.15) is 0 Å². The van der Waals surface area contributed by atoms with Crippen molar-refractivity contribution in [3.05, 3.63) is 0 Å². The van der Waals surface area contributed by atoms with Gasteiger partial charge in [0.15, 0.2) is 0 Å². The highest BCUT2D eigenvalue weighted by Gasteiger charge is 2.19. The molecule has 0 spiro atoms. The van der Waals surface area contributed by atoms with E-state index in [-0.39, 0.29) is 6.54 Å². The molecule has 14 heavy (non-hydrogen) atoms. The standard InChI is InChI=1S/C9H18N2O3/c1-6(12)5-10-7(13)8(14)11-9(2,3)4/h6,12H,5H2,1-4H3,(H,10,13)(H,11,14)/t6-/m0/s1. The van der Waals surface area contributed by atoms with E-state index in [1.165, 1.54) is 6.92 Å². The molecule has 0 bridgehead atoms. The molecule has 0 aromatic rings. The van der Waals surface area contributed by atoms with Gasteiger partial charge < -0.3 is 15.7 Å². The van der Waals surface area contributed by atoms with E-state index >= 15 is 0 Å². The molecule has 5 nitrogen and oxygen atoms in total. The Balaban J connectivity index is 3.95. The summed E-state index contributed by atoms with van der Waals surface area (Å²) in [6.45, 7) is 6.96. The lowest BCUT2D eigenvalue weighted by molar-refractivity contribution is -0.140. The van der Waals surface area contributed by atoms with Crippen LogP contribution in [0.4, 0.5) is 0 Å². The van der Waals surface area contributed by atoms with E-state index in [9.17, 15) is 9.59 Å². The lowest BCUT2D eigenvalue weighted by atomic mass is 10.1. The van der Waals surface area contributed by atoms with E-state index < -0.39 is 23.5 Å². The summed E-state index contributed by atoms with van der Waals surface area (Å²) in [4.78, 5) is 22.3. The summed E-state index contributed by atoms with van der Waals surface area (Å²) in [5.74, 6) is -1.40. The maximum absolute atomic E-state index is 11.2. The van der Waals surface area contributed by atoms with Crippen molar-refractivity contribution in [3.63, 3.8) is 0 Å². The normalized spacial score (nSPS) is 13.2. The summed E-state index contributed by atoms with van der Waals surface area (Å²) in [7, 11) is 0. The molecule has 82 valence electrons. The Hall–Kier alpha value is -1.10. The molecule has 0 aliphatic rings. The van der Waals surface area contributed by atoms with Crippen molar-refractivity contribution in [2.45, 2.75) is 39.3 Å². The quantitative estimate of drug-likeness (QED) is 0.523. The van der Waals surface area contributed by atoms with Gasteiger partial charge in [0.05, 0.1) is 6.10 Å². The van der Waals surface area contributed by atoms with Crippen molar-refractivity contribution in [1.29, 1.82) is 0 Å². The molecule has 0 saturated carbocycles. The highest BCUT2D eigenvalue weighted by Crippen LogP contribution is 1.97. The van der Waals surface area contributed by atoms with E-state index in [0.29, 0.717) is 0 Å². The van der Waals surface area contributed by atoms with Crippen LogP contribution in [0.2, 0.25) is 0 Å². The molecule has 0 unspecified atom stereocenters. The number of hydrogen-bond acceptors (Lipinski definition) is 3. The van der Waals surface area contributed by atoms with Gasteiger partial charge in [-0.3, -0.25) is 9.59 Å². The Kier molecular flexibility index (Phi) is 4.56. The Labute approximate surface area is 83.9 Å². The molecule has 0 aromatic heterocycles. The van der Waals surface area contributed by atoms with Crippen LogP contribution in [0, 0.1) is 0 Å². The zero-order valence-corrected chi connectivity index (χ0v) is 9.05. The van der Waals surface area contributed by atoms with Crippen LogP contribution in [-0.4, -0.2) is 35.1 Å². The minimum Gasteiger partial charge on any atom is -0.392 e. The van der Waals surface area contributed by atoms with Gasteiger partial charge in [0, 0.05) is 12.1 Å². The molecule has 5 heteroatoms. The van der Waals surface area contributed by atoms with Crippen LogP contribution in [0.15, 0.2) is 0 Å². The first-order valence-electron chi connectivity index (χ1n) is 4.51. The van der Waals surface area contributed by atoms with Crippen molar-refractivity contribution in [2.75, 3.05) is 6.54 Å².